The number of amides is 1. The van der Waals surface area contributed by atoms with E-state index in [4.69, 9.17) is 0 Å². The molecular formula is C20H16F2N6O2. The number of halogens is 2. The number of alkyl halides is 2. The summed E-state index contributed by atoms with van der Waals surface area (Å²) in [6, 6.07) is 13.3. The van der Waals surface area contributed by atoms with Crippen LogP contribution in [-0.2, 0) is 4.79 Å². The van der Waals surface area contributed by atoms with Gasteiger partial charge in [0.15, 0.2) is 11.5 Å². The Morgan fingerprint density at radius 2 is 1.93 bits per heavy atom. The average Bonchev–Trinajstić information content (AvgIpc) is 3.35. The molecule has 5 rings (SSSR count). The van der Waals surface area contributed by atoms with Crippen LogP contribution in [0.15, 0.2) is 48.5 Å². The molecule has 1 saturated heterocycles. The maximum absolute atomic E-state index is 12.8. The van der Waals surface area contributed by atoms with Crippen molar-refractivity contribution < 1.29 is 18.3 Å². The zero-order valence-electron chi connectivity index (χ0n) is 15.5. The van der Waals surface area contributed by atoms with Crippen LogP contribution in [0.5, 0.6) is 5.75 Å². The number of anilines is 1. The van der Waals surface area contributed by atoms with E-state index in [1.807, 2.05) is 24.3 Å². The summed E-state index contributed by atoms with van der Waals surface area (Å²) < 4.78 is 31.8. The summed E-state index contributed by atoms with van der Waals surface area (Å²) in [5.74, 6) is 0.416. The van der Waals surface area contributed by atoms with Gasteiger partial charge in [0, 0.05) is 11.9 Å². The molecule has 2 N–H and O–H groups in total. The molecule has 1 aliphatic heterocycles. The number of rotatable bonds is 5. The number of para-hydroxylation sites is 2. The lowest BCUT2D eigenvalue weighted by Crippen LogP contribution is -2.30. The first kappa shape index (κ1) is 18.2. The van der Waals surface area contributed by atoms with Gasteiger partial charge in [-0.3, -0.25) is 4.79 Å². The highest BCUT2D eigenvalue weighted by Crippen LogP contribution is 2.31. The van der Waals surface area contributed by atoms with E-state index >= 15 is 0 Å². The third kappa shape index (κ3) is 3.15. The van der Waals surface area contributed by atoms with Gasteiger partial charge < -0.3 is 15.4 Å². The van der Waals surface area contributed by atoms with Gasteiger partial charge in [-0.2, -0.15) is 13.3 Å². The fourth-order valence-corrected chi connectivity index (χ4v) is 3.50. The summed E-state index contributed by atoms with van der Waals surface area (Å²) in [6.07, 6.45) is 0.613. The van der Waals surface area contributed by atoms with E-state index in [0.29, 0.717) is 35.6 Å². The number of carbonyl (C=O) groups excluding carboxylic acids is 1. The Bertz CT molecular complexity index is 1260. The fraction of sp³-hybridized carbons (Fsp3) is 0.200. The standard InChI is InChI=1S/C20H16F2N6O2/c21-19(22)30-15-8-4-2-6-12(15)16-26-17-11-5-1-3-7-13(11)24-20(28(17)27-16)25-14-9-10-23-18(14)29/h1-8,14,19H,9-10H2,(H,23,29)(H,24,25)/t14-/m1/s1. The Balaban J connectivity index is 1.69. The minimum absolute atomic E-state index is 0.0228. The molecule has 8 nitrogen and oxygen atoms in total. The highest BCUT2D eigenvalue weighted by atomic mass is 19.3. The van der Waals surface area contributed by atoms with Crippen molar-refractivity contribution in [3.63, 3.8) is 0 Å². The lowest BCUT2D eigenvalue weighted by molar-refractivity contribution is -0.119. The smallest absolute Gasteiger partial charge is 0.387 e. The van der Waals surface area contributed by atoms with Crippen molar-refractivity contribution in [1.82, 2.24) is 24.9 Å². The maximum atomic E-state index is 12.8. The van der Waals surface area contributed by atoms with E-state index < -0.39 is 12.7 Å². The molecule has 0 bridgehead atoms. The Morgan fingerprint density at radius 3 is 2.73 bits per heavy atom. The lowest BCUT2D eigenvalue weighted by Gasteiger charge is -2.12. The quantitative estimate of drug-likeness (QED) is 0.526. The molecule has 2 aromatic carbocycles. The largest absolute Gasteiger partial charge is 0.434 e. The van der Waals surface area contributed by atoms with Gasteiger partial charge >= 0.3 is 6.61 Å². The number of benzene rings is 2. The highest BCUT2D eigenvalue weighted by molar-refractivity contribution is 5.93. The molecule has 0 aliphatic carbocycles. The van der Waals surface area contributed by atoms with E-state index in [2.05, 4.69) is 30.4 Å². The van der Waals surface area contributed by atoms with Crippen LogP contribution in [0.3, 0.4) is 0 Å². The Hall–Kier alpha value is -3.82. The molecule has 10 heteroatoms. The molecule has 1 aliphatic rings. The summed E-state index contributed by atoms with van der Waals surface area (Å²) in [6.45, 7) is -2.39. The van der Waals surface area contributed by atoms with Gasteiger partial charge in [0.1, 0.15) is 11.8 Å². The Morgan fingerprint density at radius 1 is 1.13 bits per heavy atom. The van der Waals surface area contributed by atoms with Gasteiger partial charge in [0.2, 0.25) is 11.9 Å². The number of nitrogens with zero attached hydrogens (tertiary/aromatic N) is 4. The first-order valence-electron chi connectivity index (χ1n) is 9.34. The molecule has 4 aromatic rings. The van der Waals surface area contributed by atoms with Crippen molar-refractivity contribution in [3.8, 4) is 17.1 Å². The second-order valence-corrected chi connectivity index (χ2v) is 6.77. The average molecular weight is 410 g/mol. The third-order valence-corrected chi connectivity index (χ3v) is 4.88. The van der Waals surface area contributed by atoms with Gasteiger partial charge in [-0.05, 0) is 30.7 Å². The zero-order valence-corrected chi connectivity index (χ0v) is 15.5. The zero-order chi connectivity index (χ0) is 20.7. The first-order chi connectivity index (χ1) is 14.6. The highest BCUT2D eigenvalue weighted by Gasteiger charge is 2.26. The van der Waals surface area contributed by atoms with Crippen LogP contribution in [0.4, 0.5) is 14.7 Å². The second-order valence-electron chi connectivity index (χ2n) is 6.77. The van der Waals surface area contributed by atoms with Gasteiger partial charge in [-0.1, -0.05) is 24.3 Å². The van der Waals surface area contributed by atoms with Crippen molar-refractivity contribution in [1.29, 1.82) is 0 Å². The Labute approximate surface area is 168 Å². The molecule has 0 unspecified atom stereocenters. The van der Waals surface area contributed by atoms with Crippen LogP contribution < -0.4 is 15.4 Å². The van der Waals surface area contributed by atoms with Crippen molar-refractivity contribution in [3.05, 3.63) is 48.5 Å². The molecule has 1 fully saturated rings. The van der Waals surface area contributed by atoms with E-state index in [1.54, 1.807) is 18.2 Å². The topological polar surface area (TPSA) is 93.4 Å². The predicted molar refractivity (Wildman–Crippen MR) is 105 cm³/mol. The van der Waals surface area contributed by atoms with Crippen molar-refractivity contribution >= 4 is 28.4 Å². The first-order valence-corrected chi connectivity index (χ1v) is 9.34. The Kier molecular flexibility index (Phi) is 4.38. The second kappa shape index (κ2) is 7.21. The summed E-state index contributed by atoms with van der Waals surface area (Å²) >= 11 is 0. The number of carbonyl (C=O) groups is 1. The summed E-state index contributed by atoms with van der Waals surface area (Å²) in [5.41, 5.74) is 1.49. The van der Waals surface area contributed by atoms with Gasteiger partial charge in [0.05, 0.1) is 11.1 Å². The van der Waals surface area contributed by atoms with E-state index in [0.717, 1.165) is 5.39 Å². The lowest BCUT2D eigenvalue weighted by atomic mass is 10.2. The van der Waals surface area contributed by atoms with E-state index in [9.17, 15) is 13.6 Å². The summed E-state index contributed by atoms with van der Waals surface area (Å²) in [5, 5.41) is 11.1. The van der Waals surface area contributed by atoms with Crippen molar-refractivity contribution in [2.45, 2.75) is 19.1 Å². The van der Waals surface area contributed by atoms with Crippen LogP contribution in [-0.4, -0.2) is 44.7 Å². The van der Waals surface area contributed by atoms with Crippen LogP contribution >= 0.6 is 0 Å². The number of ether oxygens (including phenoxy) is 1. The molecule has 0 saturated carbocycles. The van der Waals surface area contributed by atoms with Gasteiger partial charge in [-0.15, -0.1) is 5.10 Å². The summed E-state index contributed by atoms with van der Waals surface area (Å²) in [4.78, 5) is 21.2. The number of nitrogens with one attached hydrogen (secondary N) is 2. The minimum Gasteiger partial charge on any atom is -0.434 e. The summed E-state index contributed by atoms with van der Waals surface area (Å²) in [7, 11) is 0. The third-order valence-electron chi connectivity index (χ3n) is 4.88. The molecule has 1 atom stereocenters. The number of hydrogen-bond acceptors (Lipinski definition) is 6. The molecular weight excluding hydrogens is 394 g/mol. The molecule has 0 spiro atoms. The van der Waals surface area contributed by atoms with Crippen molar-refractivity contribution in [2.24, 2.45) is 0 Å². The number of hydrogen-bond donors (Lipinski definition) is 2. The van der Waals surface area contributed by atoms with Crippen LogP contribution in [0.25, 0.3) is 27.9 Å². The van der Waals surface area contributed by atoms with Crippen LogP contribution in [0, 0.1) is 0 Å². The minimum atomic E-state index is -2.97. The fourth-order valence-electron chi connectivity index (χ4n) is 3.50. The number of aromatic nitrogens is 4. The van der Waals surface area contributed by atoms with Gasteiger partial charge in [-0.25, -0.2) is 9.97 Å². The molecule has 3 heterocycles. The van der Waals surface area contributed by atoms with Gasteiger partial charge in [0.25, 0.3) is 0 Å². The molecule has 0 radical (unpaired) electrons. The number of fused-ring (bicyclic) bond motifs is 3. The van der Waals surface area contributed by atoms with E-state index in [1.165, 1.54) is 10.6 Å². The van der Waals surface area contributed by atoms with Crippen LogP contribution in [0.2, 0.25) is 0 Å². The van der Waals surface area contributed by atoms with E-state index in [-0.39, 0.29) is 17.5 Å². The maximum Gasteiger partial charge on any atom is 0.387 e. The predicted octanol–water partition coefficient (Wildman–Crippen LogP) is 2.85. The molecule has 1 amide bonds. The molecule has 152 valence electrons. The monoisotopic (exact) mass is 410 g/mol. The SMILES string of the molecule is O=C1NCC[C@H]1Nc1nc2ccccc2c2nc(-c3ccccc3OC(F)F)nn12. The van der Waals surface area contributed by atoms with Crippen LogP contribution in [0.1, 0.15) is 6.42 Å². The van der Waals surface area contributed by atoms with Crippen molar-refractivity contribution in [2.75, 3.05) is 11.9 Å². The normalized spacial score (nSPS) is 16.4. The molecule has 2 aromatic heterocycles. The molecule has 30 heavy (non-hydrogen) atoms.